The van der Waals surface area contributed by atoms with Gasteiger partial charge in [0.25, 0.3) is 5.91 Å². The molecule has 0 radical (unpaired) electrons. The summed E-state index contributed by atoms with van der Waals surface area (Å²) < 4.78 is 5.28. The molecule has 0 aliphatic heterocycles. The number of amides is 1. The van der Waals surface area contributed by atoms with Crippen molar-refractivity contribution in [3.05, 3.63) is 0 Å². The van der Waals surface area contributed by atoms with Crippen LogP contribution in [0.1, 0.15) is 20.8 Å². The SMILES string of the molecule is CC(C)O[C@H](C)C(=O)N(C)C. The van der Waals surface area contributed by atoms with Gasteiger partial charge in [0.05, 0.1) is 6.10 Å². The molecule has 1 amide bonds. The maximum absolute atomic E-state index is 11.2. The van der Waals surface area contributed by atoms with Crippen molar-refractivity contribution in [3.8, 4) is 0 Å². The van der Waals surface area contributed by atoms with Gasteiger partial charge in [-0.25, -0.2) is 0 Å². The topological polar surface area (TPSA) is 29.5 Å². The lowest BCUT2D eigenvalue weighted by Gasteiger charge is -2.19. The first-order chi connectivity index (χ1) is 4.95. The van der Waals surface area contributed by atoms with Crippen molar-refractivity contribution >= 4 is 5.91 Å². The molecule has 0 aliphatic rings. The van der Waals surface area contributed by atoms with Crippen molar-refractivity contribution < 1.29 is 9.53 Å². The van der Waals surface area contributed by atoms with Crippen molar-refractivity contribution in [2.24, 2.45) is 0 Å². The van der Waals surface area contributed by atoms with Crippen molar-refractivity contribution in [3.63, 3.8) is 0 Å². The van der Waals surface area contributed by atoms with Gasteiger partial charge in [-0.1, -0.05) is 0 Å². The molecule has 0 aromatic heterocycles. The van der Waals surface area contributed by atoms with Crippen molar-refractivity contribution in [2.75, 3.05) is 14.1 Å². The van der Waals surface area contributed by atoms with Crippen LogP contribution in [0.25, 0.3) is 0 Å². The zero-order chi connectivity index (χ0) is 9.02. The van der Waals surface area contributed by atoms with Crippen LogP contribution in [-0.2, 0) is 9.53 Å². The monoisotopic (exact) mass is 159 g/mol. The maximum Gasteiger partial charge on any atom is 0.250 e. The fourth-order valence-electron chi connectivity index (χ4n) is 0.830. The lowest BCUT2D eigenvalue weighted by molar-refractivity contribution is -0.142. The summed E-state index contributed by atoms with van der Waals surface area (Å²) in [4.78, 5) is 12.7. The van der Waals surface area contributed by atoms with E-state index in [9.17, 15) is 4.79 Å². The number of nitrogens with zero attached hydrogens (tertiary/aromatic N) is 1. The van der Waals surface area contributed by atoms with E-state index in [1.165, 1.54) is 4.90 Å². The molecule has 3 nitrogen and oxygen atoms in total. The molecule has 0 saturated heterocycles. The molecule has 1 atom stereocenters. The zero-order valence-corrected chi connectivity index (χ0v) is 7.92. The lowest BCUT2D eigenvalue weighted by Crippen LogP contribution is -2.34. The minimum Gasteiger partial charge on any atom is -0.366 e. The van der Waals surface area contributed by atoms with Gasteiger partial charge in [0, 0.05) is 14.1 Å². The van der Waals surface area contributed by atoms with E-state index < -0.39 is 0 Å². The third-order valence-electron chi connectivity index (χ3n) is 1.26. The molecule has 0 aliphatic carbocycles. The summed E-state index contributed by atoms with van der Waals surface area (Å²) in [5, 5.41) is 0. The molecule has 0 aromatic rings. The van der Waals surface area contributed by atoms with Crippen molar-refractivity contribution in [1.29, 1.82) is 0 Å². The van der Waals surface area contributed by atoms with Crippen LogP contribution in [0.3, 0.4) is 0 Å². The summed E-state index contributed by atoms with van der Waals surface area (Å²) in [7, 11) is 3.45. The van der Waals surface area contributed by atoms with Gasteiger partial charge in [0.15, 0.2) is 0 Å². The predicted molar refractivity (Wildman–Crippen MR) is 44.4 cm³/mol. The Morgan fingerprint density at radius 2 is 1.73 bits per heavy atom. The number of hydrogen-bond donors (Lipinski definition) is 0. The molecule has 0 N–H and O–H groups in total. The number of carbonyl (C=O) groups is 1. The Labute approximate surface area is 68.3 Å². The van der Waals surface area contributed by atoms with Gasteiger partial charge in [-0.05, 0) is 20.8 Å². The molecular formula is C8H17NO2. The first kappa shape index (κ1) is 10.4. The Bertz CT molecular complexity index is 132. The molecule has 0 aromatic carbocycles. The van der Waals surface area contributed by atoms with Gasteiger partial charge in [-0.2, -0.15) is 0 Å². The standard InChI is InChI=1S/C8H17NO2/c1-6(2)11-7(3)8(10)9(4)5/h6-7H,1-5H3/t7-/m1/s1. The van der Waals surface area contributed by atoms with Crippen LogP contribution < -0.4 is 0 Å². The highest BCUT2D eigenvalue weighted by Crippen LogP contribution is 1.99. The molecule has 66 valence electrons. The number of likely N-dealkylation sites (N-methyl/N-ethyl adjacent to an activating group) is 1. The molecule has 0 heterocycles. The second-order valence-electron chi connectivity index (χ2n) is 3.06. The van der Waals surface area contributed by atoms with Gasteiger partial charge in [-0.15, -0.1) is 0 Å². The quantitative estimate of drug-likeness (QED) is 0.612. The van der Waals surface area contributed by atoms with Crippen molar-refractivity contribution in [1.82, 2.24) is 4.90 Å². The Morgan fingerprint density at radius 1 is 1.27 bits per heavy atom. The molecule has 0 saturated carbocycles. The number of hydrogen-bond acceptors (Lipinski definition) is 2. The fraction of sp³-hybridized carbons (Fsp3) is 0.875. The third-order valence-corrected chi connectivity index (χ3v) is 1.26. The predicted octanol–water partition coefficient (Wildman–Crippen LogP) is 0.888. The smallest absolute Gasteiger partial charge is 0.250 e. The second kappa shape index (κ2) is 4.34. The zero-order valence-electron chi connectivity index (χ0n) is 7.92. The highest BCUT2D eigenvalue weighted by atomic mass is 16.5. The van der Waals surface area contributed by atoms with Crippen LogP contribution >= 0.6 is 0 Å². The largest absolute Gasteiger partial charge is 0.366 e. The maximum atomic E-state index is 11.2. The Hall–Kier alpha value is -0.570. The normalized spacial score (nSPS) is 13.3. The van der Waals surface area contributed by atoms with Gasteiger partial charge in [0.2, 0.25) is 0 Å². The van der Waals surface area contributed by atoms with Gasteiger partial charge < -0.3 is 9.64 Å². The second-order valence-corrected chi connectivity index (χ2v) is 3.06. The van der Waals surface area contributed by atoms with E-state index >= 15 is 0 Å². The minimum atomic E-state index is -0.329. The number of ether oxygens (including phenoxy) is 1. The summed E-state index contributed by atoms with van der Waals surface area (Å²) >= 11 is 0. The van der Waals surface area contributed by atoms with E-state index in [-0.39, 0.29) is 18.1 Å². The molecule has 0 fully saturated rings. The Balaban J connectivity index is 3.83. The highest BCUT2D eigenvalue weighted by Gasteiger charge is 2.15. The summed E-state index contributed by atoms with van der Waals surface area (Å²) in [6.07, 6.45) is -0.223. The minimum absolute atomic E-state index is 0.0127. The van der Waals surface area contributed by atoms with Crippen LogP contribution in [0.2, 0.25) is 0 Å². The van der Waals surface area contributed by atoms with Crippen LogP contribution in [0.5, 0.6) is 0 Å². The van der Waals surface area contributed by atoms with Gasteiger partial charge in [-0.3, -0.25) is 4.79 Å². The van der Waals surface area contributed by atoms with Crippen LogP contribution in [0.15, 0.2) is 0 Å². The third kappa shape index (κ3) is 3.98. The number of rotatable bonds is 3. The van der Waals surface area contributed by atoms with E-state index in [1.807, 2.05) is 13.8 Å². The van der Waals surface area contributed by atoms with Crippen LogP contribution in [0.4, 0.5) is 0 Å². The van der Waals surface area contributed by atoms with Crippen LogP contribution in [-0.4, -0.2) is 37.1 Å². The van der Waals surface area contributed by atoms with E-state index in [1.54, 1.807) is 21.0 Å². The Morgan fingerprint density at radius 3 is 2.00 bits per heavy atom. The van der Waals surface area contributed by atoms with E-state index in [0.29, 0.717) is 0 Å². The lowest BCUT2D eigenvalue weighted by atomic mass is 10.3. The molecule has 0 spiro atoms. The molecule has 11 heavy (non-hydrogen) atoms. The summed E-state index contributed by atoms with van der Waals surface area (Å²) in [6, 6.07) is 0. The average Bonchev–Trinajstić information content (AvgIpc) is 1.84. The molecule has 3 heteroatoms. The van der Waals surface area contributed by atoms with E-state index in [4.69, 9.17) is 4.74 Å². The molecular weight excluding hydrogens is 142 g/mol. The van der Waals surface area contributed by atoms with Gasteiger partial charge in [0.1, 0.15) is 6.10 Å². The highest BCUT2D eigenvalue weighted by molar-refractivity contribution is 5.79. The summed E-state index contributed by atoms with van der Waals surface area (Å²) in [5.41, 5.74) is 0. The first-order valence-corrected chi connectivity index (χ1v) is 3.81. The van der Waals surface area contributed by atoms with Crippen LogP contribution in [0, 0.1) is 0 Å². The fourth-order valence-corrected chi connectivity index (χ4v) is 0.830. The molecule has 0 rings (SSSR count). The van der Waals surface area contributed by atoms with E-state index in [2.05, 4.69) is 0 Å². The van der Waals surface area contributed by atoms with Gasteiger partial charge >= 0.3 is 0 Å². The van der Waals surface area contributed by atoms with Crippen molar-refractivity contribution in [2.45, 2.75) is 33.0 Å². The molecule has 0 bridgehead atoms. The number of carbonyl (C=O) groups excluding carboxylic acids is 1. The summed E-state index contributed by atoms with van der Waals surface area (Å²) in [6.45, 7) is 5.60. The van der Waals surface area contributed by atoms with E-state index in [0.717, 1.165) is 0 Å². The molecule has 0 unspecified atom stereocenters. The first-order valence-electron chi connectivity index (χ1n) is 3.81. The summed E-state index contributed by atoms with van der Waals surface area (Å²) in [5.74, 6) is 0.0127. The Kier molecular flexibility index (Phi) is 4.11. The average molecular weight is 159 g/mol.